The van der Waals surface area contributed by atoms with Gasteiger partial charge in [0.25, 0.3) is 5.91 Å². The van der Waals surface area contributed by atoms with E-state index in [9.17, 15) is 4.79 Å². The quantitative estimate of drug-likeness (QED) is 0.658. The standard InChI is InChI=1S/C16H18N2O2S/c1-3-13-4-6-14(7-5-13)20-11-16(19)18-17-10-15-12(2)8-9-21-15/h4-10H,3,11H2,1-2H3,(H,18,19). The number of carbonyl (C=O) groups excluding carboxylic acids is 1. The highest BCUT2D eigenvalue weighted by molar-refractivity contribution is 7.11. The van der Waals surface area contributed by atoms with E-state index in [1.807, 2.05) is 42.6 Å². The van der Waals surface area contributed by atoms with Crippen molar-refractivity contribution >= 4 is 23.5 Å². The number of hydrazone groups is 1. The lowest BCUT2D eigenvalue weighted by Crippen LogP contribution is -2.24. The molecule has 0 bridgehead atoms. The lowest BCUT2D eigenvalue weighted by molar-refractivity contribution is -0.123. The number of carbonyl (C=O) groups is 1. The Balaban J connectivity index is 1.76. The third-order valence-corrected chi connectivity index (χ3v) is 3.93. The predicted molar refractivity (Wildman–Crippen MR) is 86.1 cm³/mol. The molecule has 1 aromatic carbocycles. The van der Waals surface area contributed by atoms with Crippen molar-refractivity contribution < 1.29 is 9.53 Å². The molecule has 2 aromatic rings. The molecular formula is C16H18N2O2S. The molecule has 4 nitrogen and oxygen atoms in total. The summed E-state index contributed by atoms with van der Waals surface area (Å²) in [6, 6.07) is 9.72. The second-order valence-electron chi connectivity index (χ2n) is 4.55. The van der Waals surface area contributed by atoms with Gasteiger partial charge in [0.2, 0.25) is 0 Å². The van der Waals surface area contributed by atoms with Crippen LogP contribution in [0.25, 0.3) is 0 Å². The van der Waals surface area contributed by atoms with Crippen molar-refractivity contribution in [3.05, 3.63) is 51.7 Å². The lowest BCUT2D eigenvalue weighted by Gasteiger charge is -2.05. The van der Waals surface area contributed by atoms with E-state index in [1.54, 1.807) is 17.6 Å². The Hall–Kier alpha value is -2.14. The number of nitrogens with one attached hydrogen (secondary N) is 1. The van der Waals surface area contributed by atoms with Gasteiger partial charge in [-0.25, -0.2) is 5.43 Å². The second-order valence-corrected chi connectivity index (χ2v) is 5.49. The first-order chi connectivity index (χ1) is 10.2. The SMILES string of the molecule is CCc1ccc(OCC(=O)NN=Cc2sccc2C)cc1. The van der Waals surface area contributed by atoms with Gasteiger partial charge in [-0.1, -0.05) is 19.1 Å². The van der Waals surface area contributed by atoms with Gasteiger partial charge < -0.3 is 4.74 Å². The number of benzene rings is 1. The van der Waals surface area contributed by atoms with Crippen LogP contribution in [0.15, 0.2) is 40.8 Å². The van der Waals surface area contributed by atoms with Crippen molar-refractivity contribution in [1.82, 2.24) is 5.43 Å². The van der Waals surface area contributed by atoms with Gasteiger partial charge in [-0.15, -0.1) is 11.3 Å². The van der Waals surface area contributed by atoms with Crippen LogP contribution in [0, 0.1) is 6.92 Å². The van der Waals surface area contributed by atoms with Crippen molar-refractivity contribution in [2.75, 3.05) is 6.61 Å². The molecule has 110 valence electrons. The normalized spacial score (nSPS) is 10.8. The van der Waals surface area contributed by atoms with Gasteiger partial charge >= 0.3 is 0 Å². The van der Waals surface area contributed by atoms with Gasteiger partial charge in [0.05, 0.1) is 6.21 Å². The van der Waals surface area contributed by atoms with Crippen LogP contribution in [-0.2, 0) is 11.2 Å². The molecule has 2 rings (SSSR count). The Morgan fingerprint density at radius 2 is 2.10 bits per heavy atom. The predicted octanol–water partition coefficient (Wildman–Crippen LogP) is 3.15. The first kappa shape index (κ1) is 15.3. The molecule has 0 spiro atoms. The summed E-state index contributed by atoms with van der Waals surface area (Å²) in [4.78, 5) is 12.6. The minimum Gasteiger partial charge on any atom is -0.484 e. The van der Waals surface area contributed by atoms with Crippen LogP contribution >= 0.6 is 11.3 Å². The third-order valence-electron chi connectivity index (χ3n) is 2.97. The van der Waals surface area contributed by atoms with Gasteiger partial charge in [0.15, 0.2) is 6.61 Å². The Morgan fingerprint density at radius 3 is 2.71 bits per heavy atom. The fourth-order valence-corrected chi connectivity index (χ4v) is 2.47. The summed E-state index contributed by atoms with van der Waals surface area (Å²) < 4.78 is 5.40. The summed E-state index contributed by atoms with van der Waals surface area (Å²) in [5.74, 6) is 0.403. The zero-order chi connectivity index (χ0) is 15.1. The summed E-state index contributed by atoms with van der Waals surface area (Å²) in [5, 5.41) is 5.91. The molecule has 1 N–H and O–H groups in total. The molecular weight excluding hydrogens is 284 g/mol. The van der Waals surface area contributed by atoms with Crippen LogP contribution in [0.3, 0.4) is 0 Å². The zero-order valence-electron chi connectivity index (χ0n) is 12.1. The summed E-state index contributed by atoms with van der Waals surface area (Å²) in [6.07, 6.45) is 2.63. The number of rotatable bonds is 6. The maximum atomic E-state index is 11.6. The van der Waals surface area contributed by atoms with E-state index in [0.717, 1.165) is 16.9 Å². The molecule has 0 unspecified atom stereocenters. The average Bonchev–Trinajstić information content (AvgIpc) is 2.91. The minimum absolute atomic E-state index is 0.0494. The van der Waals surface area contributed by atoms with Gasteiger partial charge in [-0.2, -0.15) is 5.10 Å². The van der Waals surface area contributed by atoms with Crippen LogP contribution in [0.1, 0.15) is 22.9 Å². The van der Waals surface area contributed by atoms with Crippen LogP contribution in [-0.4, -0.2) is 18.7 Å². The second kappa shape index (κ2) is 7.59. The minimum atomic E-state index is -0.278. The summed E-state index contributed by atoms with van der Waals surface area (Å²) in [5.41, 5.74) is 4.84. The molecule has 1 amide bonds. The monoisotopic (exact) mass is 302 g/mol. The van der Waals surface area contributed by atoms with Crippen molar-refractivity contribution in [3.63, 3.8) is 0 Å². The molecule has 1 heterocycles. The van der Waals surface area contributed by atoms with E-state index in [2.05, 4.69) is 17.5 Å². The molecule has 0 fully saturated rings. The topological polar surface area (TPSA) is 50.7 Å². The number of nitrogens with zero attached hydrogens (tertiary/aromatic N) is 1. The first-order valence-corrected chi connectivity index (χ1v) is 7.64. The summed E-state index contributed by atoms with van der Waals surface area (Å²) in [6.45, 7) is 4.05. The zero-order valence-corrected chi connectivity index (χ0v) is 12.9. The van der Waals surface area contributed by atoms with Gasteiger partial charge in [0.1, 0.15) is 5.75 Å². The molecule has 0 aliphatic rings. The van der Waals surface area contributed by atoms with Crippen LogP contribution in [0.5, 0.6) is 5.75 Å². The molecule has 5 heteroatoms. The fraction of sp³-hybridized carbons (Fsp3) is 0.250. The van der Waals surface area contributed by atoms with Crippen LogP contribution < -0.4 is 10.2 Å². The molecule has 1 aromatic heterocycles. The lowest BCUT2D eigenvalue weighted by atomic mass is 10.2. The van der Waals surface area contributed by atoms with Gasteiger partial charge in [-0.05, 0) is 48.1 Å². The fourth-order valence-electron chi connectivity index (χ4n) is 1.68. The number of hydrogen-bond donors (Lipinski definition) is 1. The number of aryl methyl sites for hydroxylation is 2. The highest BCUT2D eigenvalue weighted by atomic mass is 32.1. The molecule has 21 heavy (non-hydrogen) atoms. The van der Waals surface area contributed by atoms with Crippen molar-refractivity contribution in [1.29, 1.82) is 0 Å². The van der Waals surface area contributed by atoms with Gasteiger partial charge in [-0.3, -0.25) is 4.79 Å². The van der Waals surface area contributed by atoms with Crippen LogP contribution in [0.2, 0.25) is 0 Å². The number of ether oxygens (including phenoxy) is 1. The molecule has 0 saturated carbocycles. The summed E-state index contributed by atoms with van der Waals surface area (Å²) in [7, 11) is 0. The van der Waals surface area contributed by atoms with Crippen LogP contribution in [0.4, 0.5) is 0 Å². The molecule has 0 saturated heterocycles. The first-order valence-electron chi connectivity index (χ1n) is 6.76. The highest BCUT2D eigenvalue weighted by Gasteiger charge is 2.02. The van der Waals surface area contributed by atoms with E-state index in [0.29, 0.717) is 5.75 Å². The Labute approximate surface area is 128 Å². The maximum Gasteiger partial charge on any atom is 0.277 e. The number of amides is 1. The Kier molecular flexibility index (Phi) is 5.51. The summed E-state index contributed by atoms with van der Waals surface area (Å²) >= 11 is 1.58. The Bertz CT molecular complexity index is 617. The van der Waals surface area contributed by atoms with Crippen molar-refractivity contribution in [2.45, 2.75) is 20.3 Å². The largest absolute Gasteiger partial charge is 0.484 e. The molecule has 0 radical (unpaired) electrons. The smallest absolute Gasteiger partial charge is 0.277 e. The number of hydrogen-bond acceptors (Lipinski definition) is 4. The number of thiophene rings is 1. The van der Waals surface area contributed by atoms with Crippen molar-refractivity contribution in [2.24, 2.45) is 5.10 Å². The Morgan fingerprint density at radius 1 is 1.33 bits per heavy atom. The molecule has 0 atom stereocenters. The molecule has 0 aliphatic heterocycles. The highest BCUT2D eigenvalue weighted by Crippen LogP contribution is 2.13. The van der Waals surface area contributed by atoms with Crippen molar-refractivity contribution in [3.8, 4) is 5.75 Å². The van der Waals surface area contributed by atoms with Gasteiger partial charge in [0, 0.05) is 4.88 Å². The van der Waals surface area contributed by atoms with E-state index >= 15 is 0 Å². The average molecular weight is 302 g/mol. The van der Waals surface area contributed by atoms with E-state index in [1.165, 1.54) is 5.56 Å². The third kappa shape index (κ3) is 4.72. The van der Waals surface area contributed by atoms with E-state index in [-0.39, 0.29) is 12.5 Å². The van der Waals surface area contributed by atoms with E-state index in [4.69, 9.17) is 4.74 Å². The molecule has 0 aliphatic carbocycles. The maximum absolute atomic E-state index is 11.6. The van der Waals surface area contributed by atoms with E-state index < -0.39 is 0 Å².